The van der Waals surface area contributed by atoms with E-state index >= 15 is 0 Å². The minimum Gasteiger partial charge on any atom is -0.377 e. The molecule has 1 aromatic carbocycles. The van der Waals surface area contributed by atoms with Gasteiger partial charge in [0.05, 0.1) is 0 Å². The van der Waals surface area contributed by atoms with Gasteiger partial charge in [-0.05, 0) is 18.8 Å². The SMILES string of the molecule is CCC1CCCC(Nc2c(F)c(F)cc(F)c2F)C1. The first kappa shape index (κ1) is 14.2. The van der Waals surface area contributed by atoms with E-state index in [-0.39, 0.29) is 12.1 Å². The molecule has 1 N–H and O–H groups in total. The second kappa shape index (κ2) is 5.80. The van der Waals surface area contributed by atoms with Gasteiger partial charge in [-0.15, -0.1) is 0 Å². The van der Waals surface area contributed by atoms with Crippen LogP contribution in [0, 0.1) is 29.2 Å². The van der Waals surface area contributed by atoms with Crippen molar-refractivity contribution >= 4 is 5.69 Å². The van der Waals surface area contributed by atoms with E-state index < -0.39 is 29.0 Å². The Bertz CT molecular complexity index is 435. The summed E-state index contributed by atoms with van der Waals surface area (Å²) < 4.78 is 53.3. The topological polar surface area (TPSA) is 12.0 Å². The van der Waals surface area contributed by atoms with Crippen molar-refractivity contribution in [2.75, 3.05) is 5.32 Å². The summed E-state index contributed by atoms with van der Waals surface area (Å²) in [4.78, 5) is 0. The van der Waals surface area contributed by atoms with Crippen LogP contribution < -0.4 is 5.32 Å². The predicted octanol–water partition coefficient (Wildman–Crippen LogP) is 4.62. The molecule has 0 saturated heterocycles. The molecule has 1 saturated carbocycles. The molecule has 0 aromatic heterocycles. The molecule has 0 radical (unpaired) electrons. The summed E-state index contributed by atoms with van der Waals surface area (Å²) in [5.41, 5.74) is -0.681. The van der Waals surface area contributed by atoms with Crippen molar-refractivity contribution in [2.45, 2.75) is 45.1 Å². The van der Waals surface area contributed by atoms with Gasteiger partial charge in [0.1, 0.15) is 5.69 Å². The van der Waals surface area contributed by atoms with Gasteiger partial charge in [-0.2, -0.15) is 0 Å². The lowest BCUT2D eigenvalue weighted by Crippen LogP contribution is -2.28. The molecule has 0 amide bonds. The van der Waals surface area contributed by atoms with Gasteiger partial charge in [0.15, 0.2) is 23.3 Å². The minimum absolute atomic E-state index is 0.135. The van der Waals surface area contributed by atoms with Crippen molar-refractivity contribution < 1.29 is 17.6 Å². The normalized spacial score (nSPS) is 23.4. The molecule has 0 heterocycles. The van der Waals surface area contributed by atoms with E-state index in [0.717, 1.165) is 32.1 Å². The fraction of sp³-hybridized carbons (Fsp3) is 0.571. The van der Waals surface area contributed by atoms with E-state index in [1.54, 1.807) is 0 Å². The second-order valence-electron chi connectivity index (χ2n) is 5.13. The van der Waals surface area contributed by atoms with Crippen LogP contribution in [0.3, 0.4) is 0 Å². The summed E-state index contributed by atoms with van der Waals surface area (Å²) in [6, 6.07) is 0.0925. The van der Waals surface area contributed by atoms with E-state index in [2.05, 4.69) is 12.2 Å². The lowest BCUT2D eigenvalue weighted by molar-refractivity contribution is 0.325. The first-order valence-electron chi connectivity index (χ1n) is 6.62. The fourth-order valence-corrected chi connectivity index (χ4v) is 2.70. The number of rotatable bonds is 3. The smallest absolute Gasteiger partial charge is 0.185 e. The molecule has 1 aliphatic carbocycles. The summed E-state index contributed by atoms with van der Waals surface area (Å²) >= 11 is 0. The first-order chi connectivity index (χ1) is 9.02. The highest BCUT2D eigenvalue weighted by atomic mass is 19.2. The van der Waals surface area contributed by atoms with Crippen LogP contribution in [-0.4, -0.2) is 6.04 Å². The highest BCUT2D eigenvalue weighted by Crippen LogP contribution is 2.31. The summed E-state index contributed by atoms with van der Waals surface area (Å²) in [6.45, 7) is 2.07. The number of hydrogen-bond donors (Lipinski definition) is 1. The third-order valence-corrected chi connectivity index (χ3v) is 3.82. The maximum Gasteiger partial charge on any atom is 0.185 e. The molecule has 1 aromatic rings. The third-order valence-electron chi connectivity index (χ3n) is 3.82. The zero-order valence-corrected chi connectivity index (χ0v) is 10.8. The molecule has 1 aliphatic rings. The first-order valence-corrected chi connectivity index (χ1v) is 6.62. The van der Waals surface area contributed by atoms with Gasteiger partial charge in [-0.3, -0.25) is 0 Å². The highest BCUT2D eigenvalue weighted by Gasteiger charge is 2.25. The quantitative estimate of drug-likeness (QED) is 0.626. The van der Waals surface area contributed by atoms with Gasteiger partial charge in [0.25, 0.3) is 0 Å². The molecule has 2 rings (SSSR count). The Morgan fingerprint density at radius 2 is 1.74 bits per heavy atom. The highest BCUT2D eigenvalue weighted by molar-refractivity contribution is 5.48. The Hall–Kier alpha value is -1.26. The van der Waals surface area contributed by atoms with Crippen molar-refractivity contribution in [3.8, 4) is 0 Å². The van der Waals surface area contributed by atoms with Crippen molar-refractivity contribution in [3.05, 3.63) is 29.3 Å². The second-order valence-corrected chi connectivity index (χ2v) is 5.13. The molecule has 1 fully saturated rings. The van der Waals surface area contributed by atoms with E-state index in [0.29, 0.717) is 5.92 Å². The number of hydrogen-bond acceptors (Lipinski definition) is 1. The summed E-state index contributed by atoms with van der Waals surface area (Å²) in [5.74, 6) is -4.95. The van der Waals surface area contributed by atoms with Crippen LogP contribution >= 0.6 is 0 Å². The Balaban J connectivity index is 2.19. The van der Waals surface area contributed by atoms with Crippen LogP contribution in [-0.2, 0) is 0 Å². The van der Waals surface area contributed by atoms with Crippen LogP contribution in [0.15, 0.2) is 6.07 Å². The van der Waals surface area contributed by atoms with E-state index in [9.17, 15) is 17.6 Å². The molecule has 0 spiro atoms. The van der Waals surface area contributed by atoms with E-state index in [1.165, 1.54) is 0 Å². The zero-order valence-electron chi connectivity index (χ0n) is 10.8. The molecule has 0 aliphatic heterocycles. The van der Waals surface area contributed by atoms with Crippen LogP contribution in [0.25, 0.3) is 0 Å². The van der Waals surface area contributed by atoms with Gasteiger partial charge < -0.3 is 5.32 Å². The lowest BCUT2D eigenvalue weighted by Gasteiger charge is -2.30. The Labute approximate surface area is 110 Å². The Kier molecular flexibility index (Phi) is 4.32. The van der Waals surface area contributed by atoms with Crippen molar-refractivity contribution in [1.29, 1.82) is 0 Å². The average Bonchev–Trinajstić information content (AvgIpc) is 2.41. The van der Waals surface area contributed by atoms with E-state index in [1.807, 2.05) is 0 Å². The lowest BCUT2D eigenvalue weighted by atomic mass is 9.84. The van der Waals surface area contributed by atoms with Gasteiger partial charge in [-0.1, -0.05) is 26.2 Å². The van der Waals surface area contributed by atoms with Crippen LogP contribution in [0.4, 0.5) is 23.2 Å². The van der Waals surface area contributed by atoms with Gasteiger partial charge in [0.2, 0.25) is 0 Å². The predicted molar refractivity (Wildman–Crippen MR) is 65.9 cm³/mol. The van der Waals surface area contributed by atoms with Crippen molar-refractivity contribution in [3.63, 3.8) is 0 Å². The zero-order chi connectivity index (χ0) is 14.0. The summed E-state index contributed by atoms with van der Waals surface area (Å²) in [6.07, 6.45) is 4.58. The molecule has 1 nitrogen and oxygen atoms in total. The summed E-state index contributed by atoms with van der Waals surface area (Å²) in [7, 11) is 0. The van der Waals surface area contributed by atoms with Gasteiger partial charge in [-0.25, -0.2) is 17.6 Å². The van der Waals surface area contributed by atoms with Crippen LogP contribution in [0.2, 0.25) is 0 Å². The van der Waals surface area contributed by atoms with Crippen LogP contribution in [0.1, 0.15) is 39.0 Å². The standard InChI is InChI=1S/C14H17F4N/c1-2-8-4-3-5-9(6-8)19-14-12(17)10(15)7-11(16)13(14)18/h7-9,19H,2-6H2,1H3. The monoisotopic (exact) mass is 275 g/mol. The molecule has 19 heavy (non-hydrogen) atoms. The van der Waals surface area contributed by atoms with Gasteiger partial charge in [0, 0.05) is 12.1 Å². The molecule has 0 bridgehead atoms. The van der Waals surface area contributed by atoms with E-state index in [4.69, 9.17) is 0 Å². The van der Waals surface area contributed by atoms with Gasteiger partial charge >= 0.3 is 0 Å². The molecule has 106 valence electrons. The molecule has 2 unspecified atom stereocenters. The Morgan fingerprint density at radius 3 is 2.32 bits per heavy atom. The number of halogens is 4. The maximum absolute atomic E-state index is 13.5. The Morgan fingerprint density at radius 1 is 1.11 bits per heavy atom. The fourth-order valence-electron chi connectivity index (χ4n) is 2.70. The van der Waals surface area contributed by atoms with Crippen LogP contribution in [0.5, 0.6) is 0 Å². The minimum atomic E-state index is -1.37. The number of nitrogens with one attached hydrogen (secondary N) is 1. The maximum atomic E-state index is 13.5. The number of anilines is 1. The van der Waals surface area contributed by atoms with Crippen molar-refractivity contribution in [2.24, 2.45) is 5.92 Å². The third kappa shape index (κ3) is 3.01. The van der Waals surface area contributed by atoms with Crippen molar-refractivity contribution in [1.82, 2.24) is 0 Å². The largest absolute Gasteiger partial charge is 0.377 e. The average molecular weight is 275 g/mol. The number of benzene rings is 1. The molecular formula is C14H17F4N. The molecule has 2 atom stereocenters. The summed E-state index contributed by atoms with van der Waals surface area (Å²) in [5, 5.41) is 2.63. The molecule has 5 heteroatoms. The molecular weight excluding hydrogens is 258 g/mol.